The third kappa shape index (κ3) is 2.74. The predicted molar refractivity (Wildman–Crippen MR) is 61.8 cm³/mol. The molecule has 0 atom stereocenters. The van der Waals surface area contributed by atoms with Crippen LogP contribution in [-0.4, -0.2) is 15.0 Å². The molecule has 0 saturated carbocycles. The van der Waals surface area contributed by atoms with E-state index >= 15 is 0 Å². The molecule has 0 aliphatic carbocycles. The summed E-state index contributed by atoms with van der Waals surface area (Å²) in [7, 11) is 0. The summed E-state index contributed by atoms with van der Waals surface area (Å²) in [6.07, 6.45) is 2.35. The summed E-state index contributed by atoms with van der Waals surface area (Å²) in [6, 6.07) is 1.70. The molecule has 2 aromatic rings. The van der Waals surface area contributed by atoms with Crippen LogP contribution in [0.25, 0.3) is 0 Å². The molecule has 2 aromatic heterocycles. The summed E-state index contributed by atoms with van der Waals surface area (Å²) >= 11 is 7.22. The van der Waals surface area contributed by atoms with Gasteiger partial charge in [-0.25, -0.2) is 15.0 Å². The zero-order valence-electron chi connectivity index (χ0n) is 8.90. The van der Waals surface area contributed by atoms with Crippen molar-refractivity contribution in [2.24, 2.45) is 0 Å². The van der Waals surface area contributed by atoms with Crippen LogP contribution in [0, 0.1) is 6.92 Å². The molecule has 0 radical (unpaired) electrons. The highest BCUT2D eigenvalue weighted by atomic mass is 35.5. The summed E-state index contributed by atoms with van der Waals surface area (Å²) in [4.78, 5) is 12.6. The van der Waals surface area contributed by atoms with Crippen LogP contribution in [0.3, 0.4) is 0 Å². The highest BCUT2D eigenvalue weighted by Crippen LogP contribution is 2.26. The Labute approximate surface area is 102 Å². The largest absolute Gasteiger partial charge is 0.439 e. The smallest absolute Gasteiger partial charge is 0.262 e. The van der Waals surface area contributed by atoms with Gasteiger partial charge in [0.15, 0.2) is 0 Å². The van der Waals surface area contributed by atoms with Gasteiger partial charge in [-0.05, 0) is 18.7 Å². The van der Waals surface area contributed by atoms with Crippen LogP contribution in [0.5, 0.6) is 0 Å². The lowest BCUT2D eigenvalue weighted by Gasteiger charge is -2.00. The molecule has 4 nitrogen and oxygen atoms in total. The summed E-state index contributed by atoms with van der Waals surface area (Å²) < 4.78 is 5.23. The van der Waals surface area contributed by atoms with Crippen molar-refractivity contribution in [3.8, 4) is 0 Å². The normalized spacial score (nSPS) is 10.7. The lowest BCUT2D eigenvalue weighted by atomic mass is 10.4. The quantitative estimate of drug-likeness (QED) is 0.789. The zero-order chi connectivity index (χ0) is 11.5. The molecule has 2 heterocycles. The van der Waals surface area contributed by atoms with E-state index in [0.717, 1.165) is 23.0 Å². The Kier molecular flexibility index (Phi) is 3.46. The minimum Gasteiger partial charge on any atom is -0.439 e. The highest BCUT2D eigenvalue weighted by molar-refractivity contribution is 7.99. The van der Waals surface area contributed by atoms with E-state index in [0.29, 0.717) is 10.4 Å². The summed E-state index contributed by atoms with van der Waals surface area (Å²) in [6.45, 7) is 3.85. The highest BCUT2D eigenvalue weighted by Gasteiger charge is 2.07. The molecule has 0 fully saturated rings. The standard InChI is InChI=1S/C10H10ClN3OS/c1-3-8-13-7(11)4-9(14-8)16-10-12-6(2)5-15-10/h4-5H,3H2,1-2H3. The number of hydrogen-bond acceptors (Lipinski definition) is 5. The van der Waals surface area contributed by atoms with Gasteiger partial charge < -0.3 is 4.42 Å². The second-order valence-corrected chi connectivity index (χ2v) is 4.51. The van der Waals surface area contributed by atoms with E-state index in [-0.39, 0.29) is 0 Å². The molecule has 0 spiro atoms. The van der Waals surface area contributed by atoms with Crippen molar-refractivity contribution in [2.45, 2.75) is 30.5 Å². The monoisotopic (exact) mass is 255 g/mol. The van der Waals surface area contributed by atoms with E-state index in [4.69, 9.17) is 16.0 Å². The molecule has 0 aromatic carbocycles. The maximum absolute atomic E-state index is 5.88. The second-order valence-electron chi connectivity index (χ2n) is 3.16. The van der Waals surface area contributed by atoms with Crippen LogP contribution in [0.1, 0.15) is 18.4 Å². The minimum atomic E-state index is 0.442. The first kappa shape index (κ1) is 11.4. The molecular weight excluding hydrogens is 246 g/mol. The lowest BCUT2D eigenvalue weighted by molar-refractivity contribution is 0.453. The van der Waals surface area contributed by atoms with Crippen molar-refractivity contribution >= 4 is 23.4 Å². The Balaban J connectivity index is 2.24. The van der Waals surface area contributed by atoms with E-state index in [1.807, 2.05) is 13.8 Å². The molecule has 0 aliphatic heterocycles. The van der Waals surface area contributed by atoms with Crippen LogP contribution in [0.2, 0.25) is 5.15 Å². The molecule has 16 heavy (non-hydrogen) atoms. The number of nitrogens with zero attached hydrogens (tertiary/aromatic N) is 3. The summed E-state index contributed by atoms with van der Waals surface area (Å²) in [5.41, 5.74) is 0.846. The van der Waals surface area contributed by atoms with E-state index in [2.05, 4.69) is 15.0 Å². The Morgan fingerprint density at radius 3 is 2.81 bits per heavy atom. The van der Waals surface area contributed by atoms with Gasteiger partial charge in [-0.2, -0.15) is 0 Å². The number of oxazole rings is 1. The van der Waals surface area contributed by atoms with Gasteiger partial charge in [-0.3, -0.25) is 0 Å². The first-order valence-electron chi connectivity index (χ1n) is 4.81. The summed E-state index contributed by atoms with van der Waals surface area (Å²) in [5.74, 6) is 0.721. The molecule has 84 valence electrons. The van der Waals surface area contributed by atoms with E-state index < -0.39 is 0 Å². The van der Waals surface area contributed by atoms with Gasteiger partial charge in [0.1, 0.15) is 22.3 Å². The van der Waals surface area contributed by atoms with E-state index in [9.17, 15) is 0 Å². The Bertz CT molecular complexity index is 501. The van der Waals surface area contributed by atoms with Crippen molar-refractivity contribution in [1.29, 1.82) is 0 Å². The fourth-order valence-corrected chi connectivity index (χ4v) is 2.17. The third-order valence-electron chi connectivity index (χ3n) is 1.82. The Morgan fingerprint density at radius 1 is 1.38 bits per heavy atom. The lowest BCUT2D eigenvalue weighted by Crippen LogP contribution is -1.94. The van der Waals surface area contributed by atoms with Crippen LogP contribution in [-0.2, 0) is 6.42 Å². The molecule has 2 rings (SSSR count). The summed E-state index contributed by atoms with van der Waals surface area (Å²) in [5, 5.41) is 1.76. The predicted octanol–water partition coefficient (Wildman–Crippen LogP) is 3.14. The second kappa shape index (κ2) is 4.84. The molecule has 0 saturated heterocycles. The van der Waals surface area contributed by atoms with Crippen molar-refractivity contribution < 1.29 is 4.42 Å². The van der Waals surface area contributed by atoms with Gasteiger partial charge in [0.25, 0.3) is 5.22 Å². The van der Waals surface area contributed by atoms with Gasteiger partial charge in [0, 0.05) is 12.5 Å². The fraction of sp³-hybridized carbons (Fsp3) is 0.300. The van der Waals surface area contributed by atoms with Crippen LogP contribution < -0.4 is 0 Å². The van der Waals surface area contributed by atoms with Crippen molar-refractivity contribution in [3.05, 3.63) is 29.0 Å². The first-order chi connectivity index (χ1) is 7.67. The number of halogens is 1. The molecule has 0 N–H and O–H groups in total. The minimum absolute atomic E-state index is 0.442. The van der Waals surface area contributed by atoms with Crippen LogP contribution in [0.4, 0.5) is 0 Å². The van der Waals surface area contributed by atoms with Crippen LogP contribution in [0.15, 0.2) is 27.0 Å². The van der Waals surface area contributed by atoms with Gasteiger partial charge in [-0.1, -0.05) is 18.5 Å². The maximum atomic E-state index is 5.88. The molecule has 6 heteroatoms. The molecule has 0 unspecified atom stereocenters. The average Bonchev–Trinajstić information content (AvgIpc) is 2.63. The molecular formula is C10H10ClN3OS. The number of rotatable bonds is 3. The van der Waals surface area contributed by atoms with Gasteiger partial charge in [0.05, 0.1) is 5.69 Å². The van der Waals surface area contributed by atoms with Crippen molar-refractivity contribution in [1.82, 2.24) is 15.0 Å². The van der Waals surface area contributed by atoms with E-state index in [1.165, 1.54) is 11.8 Å². The third-order valence-corrected chi connectivity index (χ3v) is 2.80. The molecule has 0 aliphatic rings. The van der Waals surface area contributed by atoms with E-state index in [1.54, 1.807) is 12.3 Å². The number of hydrogen-bond donors (Lipinski definition) is 0. The SMILES string of the molecule is CCc1nc(Cl)cc(Sc2nc(C)co2)n1. The van der Waals surface area contributed by atoms with Crippen molar-refractivity contribution in [3.63, 3.8) is 0 Å². The fourth-order valence-electron chi connectivity index (χ4n) is 1.12. The zero-order valence-corrected chi connectivity index (χ0v) is 10.5. The number of aromatic nitrogens is 3. The Morgan fingerprint density at radius 2 is 2.19 bits per heavy atom. The molecule has 0 amide bonds. The van der Waals surface area contributed by atoms with Gasteiger partial charge >= 0.3 is 0 Å². The topological polar surface area (TPSA) is 51.8 Å². The van der Waals surface area contributed by atoms with Crippen molar-refractivity contribution in [2.75, 3.05) is 0 Å². The maximum Gasteiger partial charge on any atom is 0.262 e. The first-order valence-corrected chi connectivity index (χ1v) is 6.00. The van der Waals surface area contributed by atoms with Gasteiger partial charge in [-0.15, -0.1) is 0 Å². The Hall–Kier alpha value is -1.07. The average molecular weight is 256 g/mol. The number of aryl methyl sites for hydroxylation is 2. The molecule has 0 bridgehead atoms. The van der Waals surface area contributed by atoms with Crippen LogP contribution >= 0.6 is 23.4 Å². The van der Waals surface area contributed by atoms with Gasteiger partial charge in [0.2, 0.25) is 0 Å².